The van der Waals surface area contributed by atoms with E-state index in [2.05, 4.69) is 9.72 Å². The van der Waals surface area contributed by atoms with Gasteiger partial charge in [0.2, 0.25) is 0 Å². The monoisotopic (exact) mass is 397 g/mol. The Morgan fingerprint density at radius 1 is 1.30 bits per heavy atom. The maximum absolute atomic E-state index is 12.6. The quantitative estimate of drug-likeness (QED) is 0.646. The Morgan fingerprint density at radius 2 is 2.04 bits per heavy atom. The van der Waals surface area contributed by atoms with Crippen LogP contribution in [-0.4, -0.2) is 11.3 Å². The summed E-state index contributed by atoms with van der Waals surface area (Å²) in [7, 11) is 0. The predicted octanol–water partition coefficient (Wildman–Crippen LogP) is 6.04. The van der Waals surface area contributed by atoms with Crippen LogP contribution in [0.5, 0.6) is 5.75 Å². The van der Waals surface area contributed by atoms with Gasteiger partial charge in [0.05, 0.1) is 5.02 Å². The van der Waals surface area contributed by atoms with E-state index >= 15 is 0 Å². The molecule has 1 aliphatic carbocycles. The van der Waals surface area contributed by atoms with Gasteiger partial charge in [0, 0.05) is 16.8 Å². The van der Waals surface area contributed by atoms with E-state index in [1.54, 1.807) is 18.2 Å². The number of H-pyrrole nitrogens is 1. The SMILES string of the molecule is CCC/C=C(\c1ccc(Cl)c(OC(F)(F)F)c1)c1ccc(C2CC2)c(=O)[nH]1. The summed E-state index contributed by atoms with van der Waals surface area (Å²) in [5.41, 5.74) is 2.28. The van der Waals surface area contributed by atoms with Crippen LogP contribution in [0, 0.1) is 0 Å². The predicted molar refractivity (Wildman–Crippen MR) is 99.2 cm³/mol. The minimum atomic E-state index is -4.84. The minimum Gasteiger partial charge on any atom is -0.404 e. The lowest BCUT2D eigenvalue weighted by molar-refractivity contribution is -0.274. The van der Waals surface area contributed by atoms with Gasteiger partial charge < -0.3 is 9.72 Å². The molecule has 144 valence electrons. The van der Waals surface area contributed by atoms with Crippen molar-refractivity contribution >= 4 is 17.2 Å². The molecule has 1 N–H and O–H groups in total. The van der Waals surface area contributed by atoms with E-state index in [9.17, 15) is 18.0 Å². The fourth-order valence-corrected chi connectivity index (χ4v) is 3.06. The summed E-state index contributed by atoms with van der Waals surface area (Å²) in [5, 5.41) is -0.136. The molecule has 7 heteroatoms. The van der Waals surface area contributed by atoms with Crippen molar-refractivity contribution in [2.24, 2.45) is 0 Å². The number of pyridine rings is 1. The van der Waals surface area contributed by atoms with Crippen LogP contribution < -0.4 is 10.3 Å². The van der Waals surface area contributed by atoms with Crippen LogP contribution >= 0.6 is 11.6 Å². The normalized spacial score (nSPS) is 15.1. The first-order chi connectivity index (χ1) is 12.8. The molecule has 1 saturated carbocycles. The molecule has 1 heterocycles. The van der Waals surface area contributed by atoms with Crippen molar-refractivity contribution < 1.29 is 17.9 Å². The summed E-state index contributed by atoms with van der Waals surface area (Å²) in [4.78, 5) is 15.2. The number of hydrogen-bond donors (Lipinski definition) is 1. The molecule has 0 spiro atoms. The Hall–Kier alpha value is -2.21. The highest BCUT2D eigenvalue weighted by molar-refractivity contribution is 6.32. The molecule has 0 atom stereocenters. The first-order valence-corrected chi connectivity index (χ1v) is 9.15. The Morgan fingerprint density at radius 3 is 2.63 bits per heavy atom. The number of unbranched alkanes of at least 4 members (excludes halogenated alkanes) is 1. The first kappa shape index (κ1) is 19.5. The van der Waals surface area contributed by atoms with Gasteiger partial charge in [0.1, 0.15) is 5.75 Å². The molecular formula is C20H19ClF3NO2. The summed E-state index contributed by atoms with van der Waals surface area (Å²) < 4.78 is 41.9. The van der Waals surface area contributed by atoms with E-state index in [1.807, 2.05) is 13.0 Å². The maximum atomic E-state index is 12.6. The summed E-state index contributed by atoms with van der Waals surface area (Å²) in [5.74, 6) is -0.158. The fourth-order valence-electron chi connectivity index (χ4n) is 2.90. The third kappa shape index (κ3) is 4.95. The van der Waals surface area contributed by atoms with Crippen LogP contribution in [0.25, 0.3) is 5.57 Å². The molecule has 2 aromatic rings. The van der Waals surface area contributed by atoms with Crippen LogP contribution in [0.3, 0.4) is 0 Å². The highest BCUT2D eigenvalue weighted by Gasteiger charge is 2.32. The molecule has 1 fully saturated rings. The van der Waals surface area contributed by atoms with Crippen molar-refractivity contribution in [3.05, 3.63) is 68.6 Å². The van der Waals surface area contributed by atoms with Crippen molar-refractivity contribution in [1.29, 1.82) is 0 Å². The number of benzene rings is 1. The van der Waals surface area contributed by atoms with Gasteiger partial charge in [-0.2, -0.15) is 0 Å². The fraction of sp³-hybridized carbons (Fsp3) is 0.350. The van der Waals surface area contributed by atoms with Gasteiger partial charge in [0.25, 0.3) is 5.56 Å². The number of rotatable bonds is 6. The zero-order valence-corrected chi connectivity index (χ0v) is 15.5. The van der Waals surface area contributed by atoms with E-state index in [4.69, 9.17) is 11.6 Å². The Balaban J connectivity index is 2.02. The molecular weight excluding hydrogens is 379 g/mol. The highest BCUT2D eigenvalue weighted by atomic mass is 35.5. The number of allylic oxidation sites excluding steroid dienone is 1. The molecule has 0 unspecified atom stereocenters. The number of alkyl halides is 3. The van der Waals surface area contributed by atoms with Gasteiger partial charge in [-0.3, -0.25) is 4.79 Å². The molecule has 1 aromatic heterocycles. The molecule has 1 aliphatic rings. The summed E-state index contributed by atoms with van der Waals surface area (Å²) in [6.45, 7) is 1.99. The second-order valence-electron chi connectivity index (χ2n) is 6.53. The first-order valence-electron chi connectivity index (χ1n) is 8.78. The largest absolute Gasteiger partial charge is 0.573 e. The van der Waals surface area contributed by atoms with Crippen molar-refractivity contribution in [1.82, 2.24) is 4.98 Å². The number of aromatic amines is 1. The Bertz CT molecular complexity index is 914. The van der Waals surface area contributed by atoms with Crippen LogP contribution in [0.15, 0.2) is 41.2 Å². The molecule has 0 radical (unpaired) electrons. The average molecular weight is 398 g/mol. The van der Waals surface area contributed by atoms with E-state index in [-0.39, 0.29) is 10.6 Å². The van der Waals surface area contributed by atoms with Gasteiger partial charge in [-0.25, -0.2) is 0 Å². The topological polar surface area (TPSA) is 42.1 Å². The lowest BCUT2D eigenvalue weighted by atomic mass is 9.99. The molecule has 1 aromatic carbocycles. The van der Waals surface area contributed by atoms with Gasteiger partial charge in [-0.1, -0.05) is 43.2 Å². The maximum Gasteiger partial charge on any atom is 0.573 e. The molecule has 0 saturated heterocycles. The zero-order chi connectivity index (χ0) is 19.6. The second kappa shape index (κ2) is 7.80. The second-order valence-corrected chi connectivity index (χ2v) is 6.94. The Kier molecular flexibility index (Phi) is 5.65. The van der Waals surface area contributed by atoms with E-state index in [1.165, 1.54) is 12.1 Å². The minimum absolute atomic E-state index is 0.136. The molecule has 27 heavy (non-hydrogen) atoms. The van der Waals surface area contributed by atoms with Crippen molar-refractivity contribution in [2.45, 2.75) is 44.9 Å². The Labute approximate surface area is 159 Å². The van der Waals surface area contributed by atoms with E-state index in [0.717, 1.165) is 24.8 Å². The lowest BCUT2D eigenvalue weighted by Gasteiger charge is -2.14. The van der Waals surface area contributed by atoms with Crippen molar-refractivity contribution in [3.63, 3.8) is 0 Å². The van der Waals surface area contributed by atoms with Crippen LogP contribution in [-0.2, 0) is 0 Å². The summed E-state index contributed by atoms with van der Waals surface area (Å²) >= 11 is 5.84. The zero-order valence-electron chi connectivity index (χ0n) is 14.7. The van der Waals surface area contributed by atoms with Crippen LogP contribution in [0.2, 0.25) is 5.02 Å². The van der Waals surface area contributed by atoms with Gasteiger partial charge in [-0.05, 0) is 48.9 Å². The molecule has 0 aliphatic heterocycles. The van der Waals surface area contributed by atoms with Gasteiger partial charge in [0.15, 0.2) is 0 Å². The van der Waals surface area contributed by atoms with Gasteiger partial charge in [-0.15, -0.1) is 13.2 Å². The third-order valence-corrected chi connectivity index (χ3v) is 4.66. The standard InChI is InChI=1S/C20H19ClF3NO2/c1-2-3-4-14(17-10-8-15(12-5-6-12)19(26)25-17)13-7-9-16(21)18(11-13)27-20(22,23)24/h4,7-12H,2-3,5-6H2,1H3,(H,25,26)/b14-4+. The molecule has 3 rings (SSSR count). The van der Waals surface area contributed by atoms with Gasteiger partial charge >= 0.3 is 6.36 Å². The number of nitrogens with one attached hydrogen (secondary N) is 1. The molecule has 3 nitrogen and oxygen atoms in total. The lowest BCUT2D eigenvalue weighted by Crippen LogP contribution is -2.17. The average Bonchev–Trinajstić information content (AvgIpc) is 3.41. The van der Waals surface area contributed by atoms with Crippen LogP contribution in [0.4, 0.5) is 13.2 Å². The van der Waals surface area contributed by atoms with Crippen molar-refractivity contribution in [2.75, 3.05) is 0 Å². The summed E-state index contributed by atoms with van der Waals surface area (Å²) in [6, 6.07) is 7.81. The van der Waals surface area contributed by atoms with Crippen LogP contribution in [0.1, 0.15) is 55.3 Å². The number of halogens is 4. The highest BCUT2D eigenvalue weighted by Crippen LogP contribution is 2.39. The van der Waals surface area contributed by atoms with E-state index in [0.29, 0.717) is 29.2 Å². The third-order valence-electron chi connectivity index (χ3n) is 4.35. The number of aromatic nitrogens is 1. The molecule has 0 bridgehead atoms. The molecule has 0 amide bonds. The summed E-state index contributed by atoms with van der Waals surface area (Å²) in [6.07, 6.45) is 0.637. The van der Waals surface area contributed by atoms with Crippen molar-refractivity contribution in [3.8, 4) is 5.75 Å². The van der Waals surface area contributed by atoms with E-state index < -0.39 is 12.1 Å². The number of hydrogen-bond acceptors (Lipinski definition) is 2. The smallest absolute Gasteiger partial charge is 0.404 e. The number of ether oxygens (including phenoxy) is 1.